The summed E-state index contributed by atoms with van der Waals surface area (Å²) in [4.78, 5) is 28.9. The molecule has 1 heterocycles. The lowest BCUT2D eigenvalue weighted by atomic mass is 10.1. The van der Waals surface area contributed by atoms with Crippen LogP contribution in [0.5, 0.6) is 0 Å². The molecule has 1 aliphatic rings. The van der Waals surface area contributed by atoms with Crippen molar-refractivity contribution in [2.75, 3.05) is 23.9 Å². The van der Waals surface area contributed by atoms with Gasteiger partial charge >= 0.3 is 0 Å². The molecule has 2 aromatic rings. The zero-order chi connectivity index (χ0) is 18.1. The van der Waals surface area contributed by atoms with E-state index in [1.807, 2.05) is 75.3 Å². The molecule has 0 radical (unpaired) electrons. The van der Waals surface area contributed by atoms with Crippen molar-refractivity contribution >= 4 is 40.4 Å². The van der Waals surface area contributed by atoms with Crippen LogP contribution in [-0.4, -0.2) is 25.2 Å². The van der Waals surface area contributed by atoms with Gasteiger partial charge in [0.05, 0.1) is 10.6 Å². The molecule has 5 heteroatoms. The Morgan fingerprint density at radius 2 is 1.68 bits per heavy atom. The van der Waals surface area contributed by atoms with Crippen molar-refractivity contribution in [3.05, 3.63) is 64.1 Å². The summed E-state index contributed by atoms with van der Waals surface area (Å²) in [6.07, 6.45) is 1.77. The lowest BCUT2D eigenvalue weighted by Gasteiger charge is -2.16. The highest BCUT2D eigenvalue weighted by molar-refractivity contribution is 8.19. The number of hydrogen-bond acceptors (Lipinski definition) is 4. The number of hydrogen-bond donors (Lipinski definition) is 0. The molecule has 2 amide bonds. The lowest BCUT2D eigenvalue weighted by Crippen LogP contribution is -2.28. The molecule has 0 bridgehead atoms. The Balaban J connectivity index is 1.92. The Labute approximate surface area is 152 Å². The van der Waals surface area contributed by atoms with E-state index >= 15 is 0 Å². The fourth-order valence-corrected chi connectivity index (χ4v) is 3.51. The molecule has 1 saturated heterocycles. The van der Waals surface area contributed by atoms with Crippen molar-refractivity contribution in [1.29, 1.82) is 0 Å². The second kappa shape index (κ2) is 6.76. The van der Waals surface area contributed by atoms with Gasteiger partial charge in [-0.2, -0.15) is 0 Å². The first-order valence-corrected chi connectivity index (χ1v) is 8.81. The van der Waals surface area contributed by atoms with E-state index in [0.717, 1.165) is 34.1 Å². The summed E-state index contributed by atoms with van der Waals surface area (Å²) in [6, 6.07) is 13.5. The van der Waals surface area contributed by atoms with E-state index in [4.69, 9.17) is 0 Å². The van der Waals surface area contributed by atoms with Gasteiger partial charge in [-0.1, -0.05) is 24.3 Å². The van der Waals surface area contributed by atoms with Crippen LogP contribution in [0.2, 0.25) is 0 Å². The van der Waals surface area contributed by atoms with Crippen molar-refractivity contribution in [2.45, 2.75) is 13.8 Å². The number of amides is 2. The van der Waals surface area contributed by atoms with E-state index in [0.29, 0.717) is 10.6 Å². The summed E-state index contributed by atoms with van der Waals surface area (Å²) in [5.74, 6) is -0.264. The first-order valence-electron chi connectivity index (χ1n) is 8.00. The Morgan fingerprint density at radius 1 is 1.00 bits per heavy atom. The van der Waals surface area contributed by atoms with Gasteiger partial charge in [0.25, 0.3) is 11.1 Å². The number of benzene rings is 2. The maximum Gasteiger partial charge on any atom is 0.298 e. The number of anilines is 2. The van der Waals surface area contributed by atoms with E-state index in [-0.39, 0.29) is 11.1 Å². The third-order valence-corrected chi connectivity index (χ3v) is 5.19. The van der Waals surface area contributed by atoms with Crippen molar-refractivity contribution in [3.8, 4) is 0 Å². The van der Waals surface area contributed by atoms with Crippen LogP contribution in [0.1, 0.15) is 16.7 Å². The number of carbonyl (C=O) groups excluding carboxylic acids is 2. The van der Waals surface area contributed by atoms with E-state index < -0.39 is 0 Å². The maximum absolute atomic E-state index is 12.8. The SMILES string of the molecule is Cc1cccc(N2C(=O)S/C(=C\c3ccc(N(C)C)cc3)C2=O)c1C. The molecule has 0 atom stereocenters. The van der Waals surface area contributed by atoms with Gasteiger partial charge in [0.1, 0.15) is 0 Å². The van der Waals surface area contributed by atoms with Crippen LogP contribution in [0.15, 0.2) is 47.4 Å². The van der Waals surface area contributed by atoms with Gasteiger partial charge in [-0.3, -0.25) is 9.59 Å². The molecule has 2 aromatic carbocycles. The number of imide groups is 1. The molecule has 0 unspecified atom stereocenters. The van der Waals surface area contributed by atoms with Gasteiger partial charge in [0.15, 0.2) is 0 Å². The van der Waals surface area contributed by atoms with Gasteiger partial charge in [-0.05, 0) is 66.6 Å². The molecular formula is C20H20N2O2S. The largest absolute Gasteiger partial charge is 0.378 e. The maximum atomic E-state index is 12.8. The summed E-state index contributed by atoms with van der Waals surface area (Å²) in [5, 5.41) is -0.255. The molecule has 1 aliphatic heterocycles. The minimum Gasteiger partial charge on any atom is -0.378 e. The monoisotopic (exact) mass is 352 g/mol. The molecule has 1 fully saturated rings. The summed E-state index contributed by atoms with van der Waals surface area (Å²) in [6.45, 7) is 3.90. The quantitative estimate of drug-likeness (QED) is 0.757. The van der Waals surface area contributed by atoms with Crippen LogP contribution in [0.4, 0.5) is 16.2 Å². The molecule has 0 N–H and O–H groups in total. The third kappa shape index (κ3) is 3.33. The molecule has 25 heavy (non-hydrogen) atoms. The highest BCUT2D eigenvalue weighted by atomic mass is 32.2. The fraction of sp³-hybridized carbons (Fsp3) is 0.200. The highest BCUT2D eigenvalue weighted by Crippen LogP contribution is 2.37. The Bertz CT molecular complexity index is 870. The first kappa shape index (κ1) is 17.3. The first-order chi connectivity index (χ1) is 11.9. The standard InChI is InChI=1S/C20H20N2O2S/c1-13-6-5-7-17(14(13)2)22-19(23)18(25-20(22)24)12-15-8-10-16(11-9-15)21(3)4/h5-12H,1-4H3/b18-12-. The number of aryl methyl sites for hydroxylation is 1. The lowest BCUT2D eigenvalue weighted by molar-refractivity contribution is -0.113. The van der Waals surface area contributed by atoms with Crippen LogP contribution in [0.3, 0.4) is 0 Å². The zero-order valence-electron chi connectivity index (χ0n) is 14.7. The summed E-state index contributed by atoms with van der Waals surface area (Å²) in [5.41, 5.74) is 4.65. The summed E-state index contributed by atoms with van der Waals surface area (Å²) >= 11 is 0.985. The Morgan fingerprint density at radius 3 is 2.32 bits per heavy atom. The number of thioether (sulfide) groups is 1. The second-order valence-electron chi connectivity index (χ2n) is 6.22. The second-order valence-corrected chi connectivity index (χ2v) is 7.22. The van der Waals surface area contributed by atoms with Gasteiger partial charge < -0.3 is 4.90 Å². The van der Waals surface area contributed by atoms with E-state index in [2.05, 4.69) is 0 Å². The van der Waals surface area contributed by atoms with Crippen LogP contribution < -0.4 is 9.80 Å². The fourth-order valence-electron chi connectivity index (χ4n) is 2.67. The van der Waals surface area contributed by atoms with Crippen molar-refractivity contribution in [1.82, 2.24) is 0 Å². The normalized spacial score (nSPS) is 16.0. The molecule has 128 valence electrons. The third-order valence-electron chi connectivity index (χ3n) is 4.32. The van der Waals surface area contributed by atoms with Gasteiger partial charge in [-0.25, -0.2) is 4.90 Å². The van der Waals surface area contributed by atoms with Crippen LogP contribution in [0, 0.1) is 13.8 Å². The predicted octanol–water partition coefficient (Wildman–Crippen LogP) is 4.61. The van der Waals surface area contributed by atoms with Crippen molar-refractivity contribution in [3.63, 3.8) is 0 Å². The predicted molar refractivity (Wildman–Crippen MR) is 105 cm³/mol. The van der Waals surface area contributed by atoms with Crippen LogP contribution in [-0.2, 0) is 4.79 Å². The topological polar surface area (TPSA) is 40.6 Å². The highest BCUT2D eigenvalue weighted by Gasteiger charge is 2.37. The molecule has 3 rings (SSSR count). The van der Waals surface area contributed by atoms with Gasteiger partial charge in [-0.15, -0.1) is 0 Å². The van der Waals surface area contributed by atoms with E-state index in [1.165, 1.54) is 4.90 Å². The average Bonchev–Trinajstić information content (AvgIpc) is 2.85. The van der Waals surface area contributed by atoms with Gasteiger partial charge in [0.2, 0.25) is 0 Å². The molecule has 0 aliphatic carbocycles. The summed E-state index contributed by atoms with van der Waals surface area (Å²) < 4.78 is 0. The number of rotatable bonds is 3. The average molecular weight is 352 g/mol. The smallest absolute Gasteiger partial charge is 0.298 e. The number of carbonyl (C=O) groups is 2. The molecule has 0 spiro atoms. The molecule has 4 nitrogen and oxygen atoms in total. The molecule has 0 aromatic heterocycles. The molecule has 0 saturated carbocycles. The van der Waals surface area contributed by atoms with Crippen molar-refractivity contribution < 1.29 is 9.59 Å². The summed E-state index contributed by atoms with van der Waals surface area (Å²) in [7, 11) is 3.95. The minimum atomic E-state index is -0.264. The molecular weight excluding hydrogens is 332 g/mol. The van der Waals surface area contributed by atoms with Crippen molar-refractivity contribution in [2.24, 2.45) is 0 Å². The minimum absolute atomic E-state index is 0.255. The van der Waals surface area contributed by atoms with Crippen LogP contribution in [0.25, 0.3) is 6.08 Å². The zero-order valence-corrected chi connectivity index (χ0v) is 15.6. The Hall–Kier alpha value is -2.53. The van der Waals surface area contributed by atoms with E-state index in [9.17, 15) is 9.59 Å². The van der Waals surface area contributed by atoms with Crippen LogP contribution >= 0.6 is 11.8 Å². The van der Waals surface area contributed by atoms with E-state index in [1.54, 1.807) is 6.08 Å². The Kier molecular flexibility index (Phi) is 4.68. The number of nitrogens with zero attached hydrogens (tertiary/aromatic N) is 2. The van der Waals surface area contributed by atoms with Gasteiger partial charge in [0, 0.05) is 19.8 Å².